The van der Waals surface area contributed by atoms with Gasteiger partial charge in [0.25, 0.3) is 0 Å². The fraction of sp³-hybridized carbons (Fsp3) is 0.375. The summed E-state index contributed by atoms with van der Waals surface area (Å²) in [7, 11) is -1.45. The normalized spacial score (nSPS) is 17.8. The fourth-order valence-corrected chi connectivity index (χ4v) is 6.31. The maximum absolute atomic E-state index is 12.3. The van der Waals surface area contributed by atoms with E-state index in [1.54, 1.807) is 7.11 Å². The summed E-state index contributed by atoms with van der Waals surface area (Å²) >= 11 is 6.45. The summed E-state index contributed by atoms with van der Waals surface area (Å²) in [5.41, 5.74) is 2.79. The lowest BCUT2D eigenvalue weighted by Crippen LogP contribution is -2.35. The van der Waals surface area contributed by atoms with Gasteiger partial charge in [-0.15, -0.1) is 0 Å². The number of benzene rings is 2. The number of aryl methyl sites for hydroxylation is 1. The van der Waals surface area contributed by atoms with Gasteiger partial charge >= 0.3 is 5.63 Å². The Hall–Kier alpha value is -2.35. The molecule has 2 heterocycles. The minimum absolute atomic E-state index is 0.114. The van der Waals surface area contributed by atoms with Gasteiger partial charge in [-0.2, -0.15) is 0 Å². The molecule has 1 aromatic heterocycles. The zero-order valence-corrected chi connectivity index (χ0v) is 19.7. The zero-order chi connectivity index (χ0) is 22.9. The van der Waals surface area contributed by atoms with Crippen molar-refractivity contribution < 1.29 is 17.6 Å². The van der Waals surface area contributed by atoms with Gasteiger partial charge in [-0.3, -0.25) is 4.90 Å². The molecule has 1 fully saturated rings. The molecular formula is C24H26ClNO5S. The van der Waals surface area contributed by atoms with Crippen LogP contribution >= 0.6 is 11.6 Å². The van der Waals surface area contributed by atoms with Gasteiger partial charge < -0.3 is 9.15 Å². The van der Waals surface area contributed by atoms with E-state index in [9.17, 15) is 13.2 Å². The highest BCUT2D eigenvalue weighted by molar-refractivity contribution is 7.91. The molecule has 0 N–H and O–H groups in total. The van der Waals surface area contributed by atoms with E-state index < -0.39 is 15.5 Å². The molecule has 1 aliphatic heterocycles. The Bertz CT molecular complexity index is 1280. The number of hydrogen-bond donors (Lipinski definition) is 0. The van der Waals surface area contributed by atoms with Gasteiger partial charge in [0.15, 0.2) is 9.84 Å². The number of ether oxygens (including phenoxy) is 1. The standard InChI is InChI=1S/C24H26ClNO5S/c1-3-17-10-23-21(12-22(17)25)18(11-24(27)31-23)14-26(19-8-9-32(28,29)15-19)13-16-4-6-20(30-2)7-5-16/h4-7,10-12,19H,3,8-9,13-15H2,1-2H3. The molecule has 2 aromatic carbocycles. The fourth-order valence-electron chi connectivity index (χ4n) is 4.25. The van der Waals surface area contributed by atoms with Gasteiger partial charge in [0.2, 0.25) is 0 Å². The van der Waals surface area contributed by atoms with Crippen molar-refractivity contribution in [1.82, 2.24) is 4.90 Å². The largest absolute Gasteiger partial charge is 0.497 e. The van der Waals surface area contributed by atoms with Gasteiger partial charge in [-0.1, -0.05) is 30.7 Å². The lowest BCUT2D eigenvalue weighted by Gasteiger charge is -2.28. The van der Waals surface area contributed by atoms with E-state index in [1.807, 2.05) is 43.3 Å². The molecule has 1 saturated heterocycles. The Kier molecular flexibility index (Phi) is 6.60. The Balaban J connectivity index is 1.72. The summed E-state index contributed by atoms with van der Waals surface area (Å²) in [6, 6.07) is 12.7. The Labute approximate surface area is 192 Å². The maximum atomic E-state index is 12.3. The van der Waals surface area contributed by atoms with Gasteiger partial charge in [-0.25, -0.2) is 13.2 Å². The van der Waals surface area contributed by atoms with E-state index in [1.165, 1.54) is 6.07 Å². The highest BCUT2D eigenvalue weighted by atomic mass is 35.5. The van der Waals surface area contributed by atoms with Gasteiger partial charge in [-0.05, 0) is 53.8 Å². The Morgan fingerprint density at radius 3 is 2.50 bits per heavy atom. The molecule has 0 saturated carbocycles. The third-order valence-electron chi connectivity index (χ3n) is 6.02. The minimum atomic E-state index is -3.07. The SMILES string of the molecule is CCc1cc2oc(=O)cc(CN(Cc3ccc(OC)cc3)C3CCS(=O)(=O)C3)c2cc1Cl. The van der Waals surface area contributed by atoms with Crippen molar-refractivity contribution in [1.29, 1.82) is 0 Å². The molecular weight excluding hydrogens is 450 g/mol. The molecule has 32 heavy (non-hydrogen) atoms. The van der Waals surface area contributed by atoms with Crippen molar-refractivity contribution in [3.8, 4) is 5.75 Å². The lowest BCUT2D eigenvalue weighted by molar-refractivity contribution is 0.194. The van der Waals surface area contributed by atoms with Crippen LogP contribution in [0.15, 0.2) is 51.7 Å². The lowest BCUT2D eigenvalue weighted by atomic mass is 10.0. The summed E-state index contributed by atoms with van der Waals surface area (Å²) in [6.07, 6.45) is 1.30. The molecule has 0 amide bonds. The second kappa shape index (κ2) is 9.25. The minimum Gasteiger partial charge on any atom is -0.497 e. The number of sulfone groups is 1. The molecule has 6 nitrogen and oxygen atoms in total. The van der Waals surface area contributed by atoms with Crippen LogP contribution in [0.3, 0.4) is 0 Å². The third kappa shape index (κ3) is 5.00. The van der Waals surface area contributed by atoms with Crippen LogP contribution in [-0.2, 0) is 29.3 Å². The van der Waals surface area contributed by atoms with E-state index >= 15 is 0 Å². The molecule has 0 aliphatic carbocycles. The number of nitrogens with zero attached hydrogens (tertiary/aromatic N) is 1. The van der Waals surface area contributed by atoms with Crippen LogP contribution in [0, 0.1) is 0 Å². The van der Waals surface area contributed by atoms with Crippen LogP contribution in [0.2, 0.25) is 5.02 Å². The van der Waals surface area contributed by atoms with Gasteiger partial charge in [0.05, 0.1) is 18.6 Å². The molecule has 0 spiro atoms. The molecule has 1 unspecified atom stereocenters. The van der Waals surface area contributed by atoms with E-state index in [0.29, 0.717) is 30.1 Å². The number of rotatable bonds is 7. The average Bonchev–Trinajstić information content (AvgIpc) is 3.13. The molecule has 4 rings (SSSR count). The second-order valence-electron chi connectivity index (χ2n) is 8.19. The first kappa shape index (κ1) is 22.8. The predicted octanol–water partition coefficient (Wildman–Crippen LogP) is 4.21. The van der Waals surface area contributed by atoms with Crippen molar-refractivity contribution in [3.63, 3.8) is 0 Å². The van der Waals surface area contributed by atoms with E-state index in [2.05, 4.69) is 4.90 Å². The Morgan fingerprint density at radius 2 is 1.88 bits per heavy atom. The van der Waals surface area contributed by atoms with Crippen molar-refractivity contribution in [2.75, 3.05) is 18.6 Å². The van der Waals surface area contributed by atoms with Crippen LogP contribution in [-0.4, -0.2) is 38.0 Å². The quantitative estimate of drug-likeness (QED) is 0.476. The number of hydrogen-bond acceptors (Lipinski definition) is 6. The monoisotopic (exact) mass is 475 g/mol. The summed E-state index contributed by atoms with van der Waals surface area (Å²) in [4.78, 5) is 14.4. The third-order valence-corrected chi connectivity index (χ3v) is 8.12. The first-order valence-electron chi connectivity index (χ1n) is 10.6. The van der Waals surface area contributed by atoms with E-state index in [0.717, 1.165) is 34.2 Å². The number of halogens is 1. The second-order valence-corrected chi connectivity index (χ2v) is 10.8. The van der Waals surface area contributed by atoms with Gasteiger partial charge in [0.1, 0.15) is 11.3 Å². The molecule has 0 bridgehead atoms. The molecule has 1 atom stereocenters. The molecule has 0 radical (unpaired) electrons. The predicted molar refractivity (Wildman–Crippen MR) is 126 cm³/mol. The van der Waals surface area contributed by atoms with E-state index in [-0.39, 0.29) is 17.5 Å². The first-order valence-corrected chi connectivity index (χ1v) is 12.8. The molecule has 8 heteroatoms. The zero-order valence-electron chi connectivity index (χ0n) is 18.1. The van der Waals surface area contributed by atoms with Crippen molar-refractivity contribution >= 4 is 32.4 Å². The molecule has 3 aromatic rings. The van der Waals surface area contributed by atoms with Crippen LogP contribution < -0.4 is 10.4 Å². The molecule has 170 valence electrons. The van der Waals surface area contributed by atoms with Crippen molar-refractivity contribution in [2.24, 2.45) is 0 Å². The topological polar surface area (TPSA) is 76.8 Å². The van der Waals surface area contributed by atoms with E-state index in [4.69, 9.17) is 20.8 Å². The highest BCUT2D eigenvalue weighted by Gasteiger charge is 2.32. The smallest absolute Gasteiger partial charge is 0.336 e. The highest BCUT2D eigenvalue weighted by Crippen LogP contribution is 2.29. The van der Waals surface area contributed by atoms with Crippen LogP contribution in [0.5, 0.6) is 5.75 Å². The summed E-state index contributed by atoms with van der Waals surface area (Å²) in [6.45, 7) is 2.95. The van der Waals surface area contributed by atoms with Gasteiger partial charge in [0, 0.05) is 35.6 Å². The van der Waals surface area contributed by atoms with Crippen LogP contribution in [0.25, 0.3) is 11.0 Å². The number of methoxy groups -OCH3 is 1. The number of fused-ring (bicyclic) bond motifs is 1. The van der Waals surface area contributed by atoms with Crippen LogP contribution in [0.4, 0.5) is 0 Å². The summed E-state index contributed by atoms with van der Waals surface area (Å²) < 4.78 is 35.1. The van der Waals surface area contributed by atoms with Crippen molar-refractivity contribution in [3.05, 3.63) is 74.6 Å². The van der Waals surface area contributed by atoms with Crippen molar-refractivity contribution in [2.45, 2.75) is 38.9 Å². The average molecular weight is 476 g/mol. The first-order chi connectivity index (χ1) is 15.3. The Morgan fingerprint density at radius 1 is 1.12 bits per heavy atom. The summed E-state index contributed by atoms with van der Waals surface area (Å²) in [5.74, 6) is 1.06. The summed E-state index contributed by atoms with van der Waals surface area (Å²) in [5, 5.41) is 1.40. The molecule has 1 aliphatic rings. The maximum Gasteiger partial charge on any atom is 0.336 e. The van der Waals surface area contributed by atoms with Crippen LogP contribution in [0.1, 0.15) is 30.0 Å².